The summed E-state index contributed by atoms with van der Waals surface area (Å²) in [7, 11) is -4.44. The Morgan fingerprint density at radius 3 is 2.02 bits per heavy atom. The van der Waals surface area contributed by atoms with Gasteiger partial charge in [0.15, 0.2) is 16.6 Å². The predicted octanol–water partition coefficient (Wildman–Crippen LogP) is 12.8. The number of carbonyl (C=O) groups is 3. The lowest BCUT2D eigenvalue weighted by Gasteiger charge is -2.40. The van der Waals surface area contributed by atoms with Crippen LogP contribution >= 0.6 is 11.8 Å². The Bertz CT molecular complexity index is 1740. The summed E-state index contributed by atoms with van der Waals surface area (Å²) in [6.07, 6.45) is 10.4. The summed E-state index contributed by atoms with van der Waals surface area (Å²) in [5.41, 5.74) is 1.71. The Hall–Kier alpha value is -3.17. The molecule has 0 spiro atoms. The molecule has 0 bridgehead atoms. The highest BCUT2D eigenvalue weighted by Gasteiger charge is 2.45. The normalized spacial score (nSPS) is 17.9. The highest BCUT2D eigenvalue weighted by atomic mass is 32.2. The molecule has 2 aromatic rings. The van der Waals surface area contributed by atoms with E-state index < -0.39 is 46.6 Å². The number of aliphatic carboxylic acids is 1. The van der Waals surface area contributed by atoms with E-state index in [9.17, 15) is 19.5 Å². The number of rotatable bonds is 24. The molecule has 1 aliphatic carbocycles. The number of carboxylic acids is 1. The minimum Gasteiger partial charge on any atom is -0.481 e. The lowest BCUT2D eigenvalue weighted by atomic mass is 10.0. The lowest BCUT2D eigenvalue weighted by Crippen LogP contribution is -2.45. The third-order valence-electron chi connectivity index (χ3n) is 12.5. The molecule has 340 valence electrons. The van der Waals surface area contributed by atoms with Gasteiger partial charge in [0.1, 0.15) is 18.4 Å². The highest BCUT2D eigenvalue weighted by Crippen LogP contribution is 2.47. The smallest absolute Gasteiger partial charge is 0.408 e. The first-order valence-electron chi connectivity index (χ1n) is 22.4. The van der Waals surface area contributed by atoms with Crippen LogP contribution in [0.2, 0.25) is 36.3 Å². The summed E-state index contributed by atoms with van der Waals surface area (Å²) in [4.78, 5) is 40.2. The topological polar surface area (TPSA) is 120 Å². The highest BCUT2D eigenvalue weighted by molar-refractivity contribution is 8.03. The average molecular weight is 896 g/mol. The molecule has 2 N–H and O–H groups in total. The summed E-state index contributed by atoms with van der Waals surface area (Å²) in [5.74, 6) is -0.696. The summed E-state index contributed by atoms with van der Waals surface area (Å²) >= 11 is 1.66. The number of carboxylic acid groups (broad SMARTS) is 1. The Balaban J connectivity index is 2.06. The van der Waals surface area contributed by atoms with E-state index in [1.165, 1.54) is 0 Å². The summed E-state index contributed by atoms with van der Waals surface area (Å²) in [6.45, 7) is 26.6. The van der Waals surface area contributed by atoms with E-state index in [0.29, 0.717) is 18.6 Å². The van der Waals surface area contributed by atoms with Crippen molar-refractivity contribution in [3.8, 4) is 0 Å². The fourth-order valence-corrected chi connectivity index (χ4v) is 10.4. The van der Waals surface area contributed by atoms with Gasteiger partial charge in [0, 0.05) is 23.7 Å². The average Bonchev–Trinajstić information content (AvgIpc) is 3.49. The van der Waals surface area contributed by atoms with Gasteiger partial charge < -0.3 is 28.7 Å². The molecule has 5 atom stereocenters. The first-order valence-corrected chi connectivity index (χ1v) is 29.2. The van der Waals surface area contributed by atoms with E-state index in [2.05, 4.69) is 92.1 Å². The molecule has 1 unspecified atom stereocenters. The van der Waals surface area contributed by atoms with Gasteiger partial charge in [0.05, 0.1) is 18.1 Å². The van der Waals surface area contributed by atoms with Gasteiger partial charge in [-0.1, -0.05) is 154 Å². The van der Waals surface area contributed by atoms with E-state index in [0.717, 1.165) is 60.3 Å². The van der Waals surface area contributed by atoms with Gasteiger partial charge in [-0.15, -0.1) is 11.8 Å². The molecule has 12 heteroatoms. The van der Waals surface area contributed by atoms with Crippen LogP contribution < -0.4 is 5.32 Å². The largest absolute Gasteiger partial charge is 0.481 e. The van der Waals surface area contributed by atoms with Crippen LogP contribution in [-0.2, 0) is 40.9 Å². The fraction of sp³-hybridized carbons (Fsp3) is 0.612. The van der Waals surface area contributed by atoms with E-state index in [-0.39, 0.29) is 41.2 Å². The van der Waals surface area contributed by atoms with E-state index in [1.54, 1.807) is 18.7 Å². The molecule has 2 aromatic carbocycles. The van der Waals surface area contributed by atoms with Crippen molar-refractivity contribution in [2.45, 2.75) is 174 Å². The third-order valence-corrected chi connectivity index (χ3v) is 22.8. The first kappa shape index (κ1) is 52.2. The molecule has 3 rings (SSSR count). The number of carbonyl (C=O) groups excluding carboxylic acids is 2. The van der Waals surface area contributed by atoms with E-state index >= 15 is 0 Å². The number of hydrogen-bond acceptors (Lipinski definition) is 8. The van der Waals surface area contributed by atoms with Crippen molar-refractivity contribution in [2.75, 3.05) is 5.75 Å². The number of thioether (sulfide) groups is 1. The number of alkyl carbamates (subject to hydrolysis) is 1. The quantitative estimate of drug-likeness (QED) is 0.0459. The maximum absolute atomic E-state index is 14.4. The van der Waals surface area contributed by atoms with Crippen molar-refractivity contribution >= 4 is 46.4 Å². The number of unbranched alkanes of at least 4 members (excludes halogenated alkanes) is 3. The van der Waals surface area contributed by atoms with Crippen LogP contribution in [0.4, 0.5) is 4.79 Å². The first-order chi connectivity index (χ1) is 28.5. The standard InChI is InChI=1S/C49H77NO8SSi2/c1-13-14-17-29-39(57-60(9,10)48(3,4)5)30-31-40-42(58-61(11,12)49(6,7)8)34-43(44(40)59-32-23-22-24-36(2)45(51)52)56-46(53)41(33-37-25-18-15-19-26-37)50-47(54)55-35-38-27-20-16-21-28-38/h15-16,18-21,25-28,30-31,36,39-42H,13-14,17,22-24,29,32-35H2,1-12H3,(H,50,54)(H,51,52)/t36?,39-,40-,41-,42+/m0/s1. The molecule has 0 heterocycles. The van der Waals surface area contributed by atoms with Gasteiger partial charge in [-0.25, -0.2) is 9.59 Å². The Morgan fingerprint density at radius 1 is 0.852 bits per heavy atom. The van der Waals surface area contributed by atoms with Crippen LogP contribution in [-0.4, -0.2) is 63.8 Å². The second-order valence-corrected chi connectivity index (χ2v) is 30.3. The van der Waals surface area contributed by atoms with Crippen LogP contribution in [0, 0.1) is 11.8 Å². The van der Waals surface area contributed by atoms with Gasteiger partial charge in [0.2, 0.25) is 0 Å². The third kappa shape index (κ3) is 17.1. The van der Waals surface area contributed by atoms with Gasteiger partial charge in [-0.05, 0) is 72.4 Å². The second-order valence-electron chi connectivity index (χ2n) is 19.7. The van der Waals surface area contributed by atoms with Crippen LogP contribution in [0.15, 0.2) is 83.5 Å². The van der Waals surface area contributed by atoms with Crippen LogP contribution in [0.1, 0.15) is 118 Å². The molecule has 0 fully saturated rings. The molecule has 0 radical (unpaired) electrons. The van der Waals surface area contributed by atoms with Crippen molar-refractivity contribution in [2.24, 2.45) is 11.8 Å². The SMILES string of the molecule is CCCCC[C@@H](C=C[C@@H]1C(SCCCCC(C)C(=O)O)=C(OC(=O)[C@H](Cc2ccccc2)NC(=O)OCc2ccccc2)C[C@H]1O[Si](C)(C)C(C)(C)C)O[Si](C)(C)C(C)(C)C. The maximum atomic E-state index is 14.4. The Labute approximate surface area is 374 Å². The van der Waals surface area contributed by atoms with Gasteiger partial charge in [0.25, 0.3) is 0 Å². The molecule has 9 nitrogen and oxygen atoms in total. The Morgan fingerprint density at radius 2 is 1.44 bits per heavy atom. The number of hydrogen-bond donors (Lipinski definition) is 2. The molecule has 0 saturated carbocycles. The van der Waals surface area contributed by atoms with Crippen molar-refractivity contribution in [1.82, 2.24) is 5.32 Å². The minimum absolute atomic E-state index is 0.0455. The zero-order valence-electron chi connectivity index (χ0n) is 39.3. The number of ether oxygens (including phenoxy) is 2. The molecular weight excluding hydrogens is 819 g/mol. The summed E-state index contributed by atoms with van der Waals surface area (Å²) in [5, 5.41) is 12.3. The monoisotopic (exact) mass is 895 g/mol. The number of esters is 1. The van der Waals surface area contributed by atoms with Crippen molar-refractivity contribution in [3.05, 3.63) is 94.6 Å². The van der Waals surface area contributed by atoms with E-state index in [4.69, 9.17) is 18.3 Å². The number of benzene rings is 2. The van der Waals surface area contributed by atoms with Crippen molar-refractivity contribution in [3.63, 3.8) is 0 Å². The van der Waals surface area contributed by atoms with Crippen molar-refractivity contribution < 1.29 is 37.8 Å². The fourth-order valence-electron chi connectivity index (χ4n) is 6.50. The molecule has 0 aliphatic heterocycles. The summed E-state index contributed by atoms with van der Waals surface area (Å²) in [6, 6.07) is 18.0. The number of nitrogens with one attached hydrogen (secondary N) is 1. The van der Waals surface area contributed by atoms with Gasteiger partial charge in [-0.3, -0.25) is 4.79 Å². The zero-order chi connectivity index (χ0) is 45.4. The minimum atomic E-state index is -2.32. The Kier molecular flexibility index (Phi) is 20.6. The zero-order valence-corrected chi connectivity index (χ0v) is 42.1. The predicted molar refractivity (Wildman–Crippen MR) is 255 cm³/mol. The van der Waals surface area contributed by atoms with Gasteiger partial charge in [-0.2, -0.15) is 0 Å². The molecule has 0 aromatic heterocycles. The summed E-state index contributed by atoms with van der Waals surface area (Å²) < 4.78 is 26.3. The lowest BCUT2D eigenvalue weighted by molar-refractivity contribution is -0.142. The number of amides is 1. The second kappa shape index (κ2) is 24.0. The van der Waals surface area contributed by atoms with Gasteiger partial charge >= 0.3 is 18.0 Å². The molecule has 1 amide bonds. The van der Waals surface area contributed by atoms with Crippen LogP contribution in [0.25, 0.3) is 0 Å². The maximum Gasteiger partial charge on any atom is 0.408 e. The van der Waals surface area contributed by atoms with Crippen LogP contribution in [0.5, 0.6) is 0 Å². The molecule has 61 heavy (non-hydrogen) atoms. The van der Waals surface area contributed by atoms with Crippen molar-refractivity contribution in [1.29, 1.82) is 0 Å². The molecule has 0 saturated heterocycles. The van der Waals surface area contributed by atoms with Crippen LogP contribution in [0.3, 0.4) is 0 Å². The molecule has 1 aliphatic rings. The molecular formula is C49H77NO8SSi2. The van der Waals surface area contributed by atoms with E-state index in [1.807, 2.05) is 60.7 Å².